The van der Waals surface area contributed by atoms with Crippen molar-refractivity contribution in [3.63, 3.8) is 0 Å². The van der Waals surface area contributed by atoms with Gasteiger partial charge in [-0.2, -0.15) is 0 Å². The lowest BCUT2D eigenvalue weighted by Crippen LogP contribution is -2.52. The Bertz CT molecular complexity index is 744. The van der Waals surface area contributed by atoms with Crippen LogP contribution < -0.4 is 5.32 Å². The number of amides is 1. The minimum atomic E-state index is -1.73. The first-order valence-corrected chi connectivity index (χ1v) is 7.02. The number of rotatable bonds is 3. The van der Waals surface area contributed by atoms with Crippen molar-refractivity contribution in [2.24, 2.45) is 5.92 Å². The van der Waals surface area contributed by atoms with Crippen LogP contribution in [-0.2, 0) is 19.8 Å². The highest BCUT2D eigenvalue weighted by Crippen LogP contribution is 2.39. The van der Waals surface area contributed by atoms with Crippen molar-refractivity contribution < 1.29 is 28.7 Å². The Morgan fingerprint density at radius 3 is 2.52 bits per heavy atom. The van der Waals surface area contributed by atoms with Crippen molar-refractivity contribution in [2.45, 2.75) is 19.3 Å². The Hall–Kier alpha value is -2.28. The maximum atomic E-state index is 14.2. The number of Topliss-reactive ketones (excluding diaryl/α,β-unsaturated/α-hetero) is 2. The smallest absolute Gasteiger partial charge is 0.322 e. The summed E-state index contributed by atoms with van der Waals surface area (Å²) in [4.78, 5) is 47.5. The molecule has 0 aliphatic heterocycles. The van der Waals surface area contributed by atoms with Gasteiger partial charge in [0, 0.05) is 16.1 Å². The van der Waals surface area contributed by atoms with E-state index in [0.29, 0.717) is 0 Å². The van der Waals surface area contributed by atoms with Crippen molar-refractivity contribution in [1.29, 1.82) is 0 Å². The minimum absolute atomic E-state index is 0.0376. The highest BCUT2D eigenvalue weighted by atomic mass is 35.5. The van der Waals surface area contributed by atoms with Gasteiger partial charge in [-0.05, 0) is 26.0 Å². The van der Waals surface area contributed by atoms with E-state index in [1.54, 1.807) is 0 Å². The van der Waals surface area contributed by atoms with E-state index < -0.39 is 47.1 Å². The zero-order valence-corrected chi connectivity index (χ0v) is 13.0. The van der Waals surface area contributed by atoms with Gasteiger partial charge in [0.05, 0.1) is 5.41 Å². The topological polar surface area (TPSA) is 101 Å². The molecule has 1 atom stereocenters. The van der Waals surface area contributed by atoms with E-state index >= 15 is 0 Å². The van der Waals surface area contributed by atoms with Crippen molar-refractivity contribution in [1.82, 2.24) is 5.32 Å². The molecule has 1 unspecified atom stereocenters. The highest BCUT2D eigenvalue weighted by Gasteiger charge is 2.50. The third-order valence-electron chi connectivity index (χ3n) is 3.76. The van der Waals surface area contributed by atoms with E-state index in [4.69, 9.17) is 16.7 Å². The molecule has 1 aromatic carbocycles. The molecular weight excluding hydrogens is 329 g/mol. The van der Waals surface area contributed by atoms with E-state index in [1.807, 2.05) is 5.32 Å². The number of hydrogen-bond donors (Lipinski definition) is 2. The van der Waals surface area contributed by atoms with Gasteiger partial charge in [0.1, 0.15) is 12.4 Å². The SMILES string of the molecule is CC1(C)C(=O)C(C(=O)NCC(=O)O)C(=O)c2cc(Cl)cc(F)c21. The summed E-state index contributed by atoms with van der Waals surface area (Å²) < 4.78 is 14.2. The van der Waals surface area contributed by atoms with Gasteiger partial charge in [0.25, 0.3) is 0 Å². The first-order chi connectivity index (χ1) is 10.6. The van der Waals surface area contributed by atoms with Crippen LogP contribution in [0, 0.1) is 11.7 Å². The predicted molar refractivity (Wildman–Crippen MR) is 77.9 cm³/mol. The molecule has 1 amide bonds. The number of fused-ring (bicyclic) bond motifs is 1. The third-order valence-corrected chi connectivity index (χ3v) is 3.98. The summed E-state index contributed by atoms with van der Waals surface area (Å²) in [6, 6.07) is 2.20. The van der Waals surface area contributed by atoms with Gasteiger partial charge < -0.3 is 10.4 Å². The van der Waals surface area contributed by atoms with Crippen LogP contribution in [0.1, 0.15) is 29.8 Å². The normalized spacial score (nSPS) is 19.2. The van der Waals surface area contributed by atoms with Crippen LogP contribution in [0.4, 0.5) is 4.39 Å². The standard InChI is InChI=1S/C15H13ClFNO5/c1-15(2)11-7(3-6(16)4-8(11)17)12(21)10(13(15)22)14(23)18-5-9(19)20/h3-4,10H,5H2,1-2H3,(H,18,23)(H,19,20). The quantitative estimate of drug-likeness (QED) is 0.808. The van der Waals surface area contributed by atoms with E-state index in [0.717, 1.165) is 6.07 Å². The van der Waals surface area contributed by atoms with Crippen LogP contribution in [0.25, 0.3) is 0 Å². The van der Waals surface area contributed by atoms with Crippen molar-refractivity contribution in [2.75, 3.05) is 6.54 Å². The van der Waals surface area contributed by atoms with E-state index in [1.165, 1.54) is 19.9 Å². The summed E-state index contributed by atoms with van der Waals surface area (Å²) in [6.07, 6.45) is 0. The summed E-state index contributed by atoms with van der Waals surface area (Å²) >= 11 is 5.75. The molecule has 122 valence electrons. The lowest BCUT2D eigenvalue weighted by molar-refractivity contribution is -0.140. The third kappa shape index (κ3) is 2.84. The molecule has 8 heteroatoms. The predicted octanol–water partition coefficient (Wildman–Crippen LogP) is 1.34. The molecule has 6 nitrogen and oxygen atoms in total. The average Bonchev–Trinajstić information content (AvgIpc) is 2.42. The summed E-state index contributed by atoms with van der Waals surface area (Å²) in [5, 5.41) is 10.5. The Balaban J connectivity index is 2.54. The lowest BCUT2D eigenvalue weighted by atomic mass is 9.66. The summed E-state index contributed by atoms with van der Waals surface area (Å²) in [6.45, 7) is 2.07. The maximum Gasteiger partial charge on any atom is 0.322 e. The van der Waals surface area contributed by atoms with Crippen molar-refractivity contribution in [3.05, 3.63) is 34.1 Å². The van der Waals surface area contributed by atoms with E-state index in [2.05, 4.69) is 0 Å². The van der Waals surface area contributed by atoms with Crippen LogP contribution >= 0.6 is 11.6 Å². The minimum Gasteiger partial charge on any atom is -0.480 e. The second kappa shape index (κ2) is 5.73. The van der Waals surface area contributed by atoms with Crippen LogP contribution in [0.3, 0.4) is 0 Å². The van der Waals surface area contributed by atoms with Gasteiger partial charge in [0.2, 0.25) is 5.91 Å². The monoisotopic (exact) mass is 341 g/mol. The molecule has 0 heterocycles. The van der Waals surface area contributed by atoms with E-state index in [-0.39, 0.29) is 16.1 Å². The fourth-order valence-electron chi connectivity index (χ4n) is 2.66. The summed E-state index contributed by atoms with van der Waals surface area (Å²) in [5.74, 6) is -6.56. The highest BCUT2D eigenvalue weighted by molar-refractivity contribution is 6.33. The van der Waals surface area contributed by atoms with Crippen molar-refractivity contribution >= 4 is 35.0 Å². The molecule has 1 aromatic rings. The average molecular weight is 342 g/mol. The molecule has 0 spiro atoms. The van der Waals surface area contributed by atoms with Gasteiger partial charge in [-0.1, -0.05) is 11.6 Å². The number of carbonyl (C=O) groups is 4. The molecule has 23 heavy (non-hydrogen) atoms. The first-order valence-electron chi connectivity index (χ1n) is 6.65. The molecule has 2 N–H and O–H groups in total. The second-order valence-corrected chi connectivity index (χ2v) is 6.14. The fraction of sp³-hybridized carbons (Fsp3) is 0.333. The molecule has 2 rings (SSSR count). The van der Waals surface area contributed by atoms with Crippen LogP contribution in [0.5, 0.6) is 0 Å². The molecular formula is C15H13ClFNO5. The molecule has 0 saturated heterocycles. The Kier molecular flexibility index (Phi) is 4.26. The number of aliphatic carboxylic acids is 1. The largest absolute Gasteiger partial charge is 0.480 e. The number of carboxylic acid groups (broad SMARTS) is 1. The van der Waals surface area contributed by atoms with Gasteiger partial charge in [-0.25, -0.2) is 4.39 Å². The summed E-state index contributed by atoms with van der Waals surface area (Å²) in [5.41, 5.74) is -1.68. The van der Waals surface area contributed by atoms with E-state index in [9.17, 15) is 23.6 Å². The molecule has 0 saturated carbocycles. The van der Waals surface area contributed by atoms with Gasteiger partial charge >= 0.3 is 5.97 Å². The van der Waals surface area contributed by atoms with Crippen LogP contribution in [-0.4, -0.2) is 35.1 Å². The lowest BCUT2D eigenvalue weighted by Gasteiger charge is -2.34. The first kappa shape index (κ1) is 17.1. The number of ketones is 2. The van der Waals surface area contributed by atoms with Crippen LogP contribution in [0.2, 0.25) is 5.02 Å². The Morgan fingerprint density at radius 2 is 1.96 bits per heavy atom. The maximum absolute atomic E-state index is 14.2. The Morgan fingerprint density at radius 1 is 1.35 bits per heavy atom. The number of nitrogens with one attached hydrogen (secondary N) is 1. The Labute approximate surface area is 135 Å². The molecule has 0 fully saturated rings. The fourth-order valence-corrected chi connectivity index (χ4v) is 2.87. The molecule has 1 aliphatic carbocycles. The summed E-state index contributed by atoms with van der Waals surface area (Å²) in [7, 11) is 0. The number of carboxylic acids is 1. The second-order valence-electron chi connectivity index (χ2n) is 5.71. The zero-order valence-electron chi connectivity index (χ0n) is 12.3. The molecule has 0 radical (unpaired) electrons. The number of benzene rings is 1. The number of carbonyl (C=O) groups excluding carboxylic acids is 3. The van der Waals surface area contributed by atoms with Gasteiger partial charge in [0.15, 0.2) is 17.5 Å². The van der Waals surface area contributed by atoms with Gasteiger partial charge in [-0.3, -0.25) is 19.2 Å². The number of hydrogen-bond acceptors (Lipinski definition) is 4. The van der Waals surface area contributed by atoms with Crippen LogP contribution in [0.15, 0.2) is 12.1 Å². The molecule has 1 aliphatic rings. The van der Waals surface area contributed by atoms with Gasteiger partial charge in [-0.15, -0.1) is 0 Å². The number of halogens is 2. The molecule has 0 aromatic heterocycles. The zero-order chi connectivity index (χ0) is 17.5. The van der Waals surface area contributed by atoms with Crippen molar-refractivity contribution in [3.8, 4) is 0 Å². The molecule has 0 bridgehead atoms.